The zero-order chi connectivity index (χ0) is 6.78. The van der Waals surface area contributed by atoms with Gasteiger partial charge in [-0.05, 0) is 0 Å². The molecule has 0 saturated heterocycles. The molecule has 0 unspecified atom stereocenters. The van der Waals surface area contributed by atoms with Crippen LogP contribution in [-0.4, -0.2) is 20.1 Å². The molecule has 0 spiro atoms. The number of halogens is 3. The molecule has 1 N–H and O–H groups in total. The van der Waals surface area contributed by atoms with Crippen molar-refractivity contribution < 1.29 is 18.0 Å². The van der Waals surface area contributed by atoms with Crippen LogP contribution in [0.1, 0.15) is 0 Å². The first-order valence-electron chi connectivity index (χ1n) is 1.56. The third-order valence-corrected chi connectivity index (χ3v) is 0.389. The van der Waals surface area contributed by atoms with Gasteiger partial charge in [0.15, 0.2) is 0 Å². The van der Waals surface area contributed by atoms with E-state index in [1.807, 2.05) is 0 Å². The van der Waals surface area contributed by atoms with E-state index in [1.165, 1.54) is 0 Å². The molecule has 0 aliphatic rings. The molecule has 0 saturated carbocycles. The molecule has 0 bridgehead atoms. The van der Waals surface area contributed by atoms with Crippen LogP contribution in [0.2, 0.25) is 0 Å². The summed E-state index contributed by atoms with van der Waals surface area (Å²) in [7, 11) is 4.14. The van der Waals surface area contributed by atoms with E-state index in [4.69, 9.17) is 0 Å². The number of carbonyl (C=O) groups excluding carboxylic acids is 1. The Labute approximate surface area is 44.5 Å². The predicted molar refractivity (Wildman–Crippen MR) is 20.0 cm³/mol. The smallest absolute Gasteiger partial charge is 0.401 e. The molecule has 0 aromatic rings. The summed E-state index contributed by atoms with van der Waals surface area (Å²) in [4.78, 5) is 9.47. The molecular weight excluding hydrogens is 122 g/mol. The molecular formula is C2HBF3NO. The van der Waals surface area contributed by atoms with E-state index in [-0.39, 0.29) is 0 Å². The maximum atomic E-state index is 11.0. The lowest BCUT2D eigenvalue weighted by Crippen LogP contribution is -2.34. The lowest BCUT2D eigenvalue weighted by atomic mass is 10.4. The van der Waals surface area contributed by atoms with Gasteiger partial charge in [-0.25, -0.2) is 0 Å². The van der Waals surface area contributed by atoms with E-state index in [0.29, 0.717) is 0 Å². The summed E-state index contributed by atoms with van der Waals surface area (Å²) in [6, 6.07) is 0. The second-order valence-electron chi connectivity index (χ2n) is 0.971. The van der Waals surface area contributed by atoms with Gasteiger partial charge in [-0.1, -0.05) is 0 Å². The van der Waals surface area contributed by atoms with Gasteiger partial charge in [-0.2, -0.15) is 13.2 Å². The summed E-state index contributed by atoms with van der Waals surface area (Å²) >= 11 is 0. The van der Waals surface area contributed by atoms with Gasteiger partial charge >= 0.3 is 12.1 Å². The first kappa shape index (κ1) is 7.32. The number of nitrogens with one attached hydrogen (secondary N) is 1. The second kappa shape index (κ2) is 2.06. The van der Waals surface area contributed by atoms with Gasteiger partial charge in [-0.15, -0.1) is 0 Å². The minimum absolute atomic E-state index is 0.941. The highest BCUT2D eigenvalue weighted by atomic mass is 19.4. The van der Waals surface area contributed by atoms with Crippen LogP contribution < -0.4 is 5.23 Å². The van der Waals surface area contributed by atoms with Crippen molar-refractivity contribution >= 4 is 13.9 Å². The van der Waals surface area contributed by atoms with Crippen molar-refractivity contribution in [1.29, 1.82) is 0 Å². The van der Waals surface area contributed by atoms with Gasteiger partial charge < -0.3 is 5.23 Å². The van der Waals surface area contributed by atoms with E-state index >= 15 is 0 Å². The Bertz CT molecular complexity index is 99.9. The van der Waals surface area contributed by atoms with Crippen molar-refractivity contribution in [2.75, 3.05) is 0 Å². The fourth-order valence-electron chi connectivity index (χ4n) is 0.0818. The molecule has 1 amide bonds. The normalized spacial score (nSPS) is 10.9. The minimum Gasteiger partial charge on any atom is -0.401 e. The Morgan fingerprint density at radius 3 is 1.88 bits per heavy atom. The molecule has 44 valence electrons. The molecule has 8 heavy (non-hydrogen) atoms. The predicted octanol–water partition coefficient (Wildman–Crippen LogP) is -0.252. The maximum absolute atomic E-state index is 11.0. The highest BCUT2D eigenvalue weighted by molar-refractivity contribution is 6.15. The molecule has 0 atom stereocenters. The van der Waals surface area contributed by atoms with E-state index in [0.717, 1.165) is 5.23 Å². The number of amides is 1. The SMILES string of the molecule is [B]NC(=O)C(F)(F)F. The summed E-state index contributed by atoms with van der Waals surface area (Å²) in [5.74, 6) is -2.14. The monoisotopic (exact) mass is 123 g/mol. The highest BCUT2D eigenvalue weighted by Crippen LogP contribution is 2.13. The molecule has 0 rings (SSSR count). The van der Waals surface area contributed by atoms with Crippen LogP contribution in [0.5, 0.6) is 0 Å². The number of rotatable bonds is 0. The van der Waals surface area contributed by atoms with Crippen LogP contribution in [0.4, 0.5) is 13.2 Å². The third kappa shape index (κ3) is 1.86. The summed E-state index contributed by atoms with van der Waals surface area (Å²) in [6.07, 6.45) is -4.87. The molecule has 2 nitrogen and oxygen atoms in total. The Morgan fingerprint density at radius 1 is 1.50 bits per heavy atom. The quantitative estimate of drug-likeness (QED) is 0.442. The summed E-state index contributed by atoms with van der Waals surface area (Å²) in [5, 5.41) is 0.941. The summed E-state index contributed by atoms with van der Waals surface area (Å²) < 4.78 is 32.9. The van der Waals surface area contributed by atoms with Crippen molar-refractivity contribution in [2.45, 2.75) is 6.18 Å². The fourth-order valence-corrected chi connectivity index (χ4v) is 0.0818. The van der Waals surface area contributed by atoms with Crippen LogP contribution >= 0.6 is 0 Å². The molecule has 0 fully saturated rings. The standard InChI is InChI=1S/C2HBF3NO/c3-7-1(8)2(4,5)6/h(H,7,8). The number of carbonyl (C=O) groups is 1. The Kier molecular flexibility index (Phi) is 1.89. The zero-order valence-corrected chi connectivity index (χ0v) is 3.62. The first-order valence-corrected chi connectivity index (χ1v) is 1.56. The number of alkyl halides is 3. The van der Waals surface area contributed by atoms with Crippen LogP contribution in [0.25, 0.3) is 0 Å². The second-order valence-corrected chi connectivity index (χ2v) is 0.971. The average molecular weight is 123 g/mol. The topological polar surface area (TPSA) is 29.1 Å². The van der Waals surface area contributed by atoms with E-state index < -0.39 is 12.1 Å². The lowest BCUT2D eigenvalue weighted by molar-refractivity contribution is -0.171. The van der Waals surface area contributed by atoms with Gasteiger partial charge in [0.25, 0.3) is 0 Å². The van der Waals surface area contributed by atoms with E-state index in [1.54, 1.807) is 0 Å². The lowest BCUT2D eigenvalue weighted by Gasteiger charge is -2.01. The van der Waals surface area contributed by atoms with Crippen molar-refractivity contribution in [1.82, 2.24) is 5.23 Å². The molecule has 6 heteroatoms. The Hall–Kier alpha value is -0.675. The zero-order valence-electron chi connectivity index (χ0n) is 3.62. The van der Waals surface area contributed by atoms with Gasteiger partial charge in [0, 0.05) is 0 Å². The van der Waals surface area contributed by atoms with Crippen molar-refractivity contribution in [2.24, 2.45) is 0 Å². The van der Waals surface area contributed by atoms with E-state index in [9.17, 15) is 18.0 Å². The first-order chi connectivity index (χ1) is 3.48. The van der Waals surface area contributed by atoms with Crippen LogP contribution in [0.3, 0.4) is 0 Å². The largest absolute Gasteiger partial charge is 0.469 e. The summed E-state index contributed by atoms with van der Waals surface area (Å²) in [5.41, 5.74) is 0. The van der Waals surface area contributed by atoms with Crippen LogP contribution in [-0.2, 0) is 4.79 Å². The minimum atomic E-state index is -4.87. The molecule has 2 radical (unpaired) electrons. The van der Waals surface area contributed by atoms with Gasteiger partial charge in [0.05, 0.1) is 0 Å². The van der Waals surface area contributed by atoms with Crippen molar-refractivity contribution in [3.8, 4) is 0 Å². The molecule has 0 aromatic heterocycles. The van der Waals surface area contributed by atoms with Gasteiger partial charge in [0.2, 0.25) is 7.98 Å². The van der Waals surface area contributed by atoms with Gasteiger partial charge in [-0.3, -0.25) is 4.79 Å². The third-order valence-electron chi connectivity index (χ3n) is 0.389. The van der Waals surface area contributed by atoms with E-state index in [2.05, 4.69) is 7.98 Å². The van der Waals surface area contributed by atoms with Gasteiger partial charge in [0.1, 0.15) is 0 Å². The average Bonchev–Trinajstić information content (AvgIpc) is 1.62. The van der Waals surface area contributed by atoms with Crippen LogP contribution in [0, 0.1) is 0 Å². The molecule has 0 aliphatic heterocycles. The van der Waals surface area contributed by atoms with Crippen molar-refractivity contribution in [3.63, 3.8) is 0 Å². The molecule has 0 aromatic carbocycles. The fraction of sp³-hybridized carbons (Fsp3) is 0.500. The Morgan fingerprint density at radius 2 is 1.88 bits per heavy atom. The Balaban J connectivity index is 3.82. The molecule has 0 aliphatic carbocycles. The maximum Gasteiger partial charge on any atom is 0.469 e. The highest BCUT2D eigenvalue weighted by Gasteiger charge is 2.36. The summed E-state index contributed by atoms with van der Waals surface area (Å²) in [6.45, 7) is 0. The molecule has 0 heterocycles. The van der Waals surface area contributed by atoms with Crippen LogP contribution in [0.15, 0.2) is 0 Å². The van der Waals surface area contributed by atoms with Crippen molar-refractivity contribution in [3.05, 3.63) is 0 Å². The number of hydrogen-bond donors (Lipinski definition) is 1. The number of hydrogen-bond acceptors (Lipinski definition) is 1.